The normalized spacial score (nSPS) is 10.9. The molecule has 0 spiro atoms. The van der Waals surface area contributed by atoms with Gasteiger partial charge < -0.3 is 9.30 Å². The molecule has 2 aromatic rings. The van der Waals surface area contributed by atoms with Crippen molar-refractivity contribution in [3.8, 4) is 11.4 Å². The second kappa shape index (κ2) is 6.83. The third-order valence-electron chi connectivity index (χ3n) is 2.59. The number of halogens is 3. The summed E-state index contributed by atoms with van der Waals surface area (Å²) in [5.74, 6) is 1.85. The van der Waals surface area contributed by atoms with E-state index in [1.807, 2.05) is 22.8 Å². The quantitative estimate of drug-likeness (QED) is 0.704. The Morgan fingerprint density at radius 2 is 1.89 bits per heavy atom. The zero-order valence-electron chi connectivity index (χ0n) is 10.2. The lowest BCUT2D eigenvalue weighted by Gasteiger charge is -2.09. The Kier molecular flexibility index (Phi) is 5.38. The molecule has 0 amide bonds. The smallest absolute Gasteiger partial charge is 0.164 e. The van der Waals surface area contributed by atoms with E-state index < -0.39 is 0 Å². The number of aromatic nitrogens is 3. The summed E-state index contributed by atoms with van der Waals surface area (Å²) in [6.45, 7) is 1.26. The third kappa shape index (κ3) is 3.56. The van der Waals surface area contributed by atoms with Crippen LogP contribution in [0.15, 0.2) is 27.1 Å². The Labute approximate surface area is 133 Å². The fourth-order valence-electron chi connectivity index (χ4n) is 1.75. The van der Waals surface area contributed by atoms with Crippen LogP contribution in [-0.2, 0) is 17.2 Å². The third-order valence-corrected chi connectivity index (χ3v) is 3.74. The highest BCUT2D eigenvalue weighted by Gasteiger charge is 2.13. The molecule has 0 saturated carbocycles. The average molecular weight is 410 g/mol. The van der Waals surface area contributed by atoms with Crippen molar-refractivity contribution in [2.45, 2.75) is 12.4 Å². The predicted molar refractivity (Wildman–Crippen MR) is 82.3 cm³/mol. The van der Waals surface area contributed by atoms with Crippen LogP contribution in [0.2, 0.25) is 0 Å². The molecular weight excluding hydrogens is 397 g/mol. The molecule has 1 heterocycles. The summed E-state index contributed by atoms with van der Waals surface area (Å²) in [4.78, 5) is 0. The highest BCUT2D eigenvalue weighted by molar-refractivity contribution is 9.11. The Morgan fingerprint density at radius 3 is 2.47 bits per heavy atom. The number of benzene rings is 1. The number of hydrogen-bond donors (Lipinski definition) is 0. The standard InChI is InChI=1S/C12H12Br2ClN3O/c1-19-3-2-18-11(7-15)16-17-12(18)8-4-9(13)6-10(14)5-8/h4-6H,2-3,7H2,1H3. The molecule has 0 aliphatic heterocycles. The Morgan fingerprint density at radius 1 is 1.21 bits per heavy atom. The Hall–Kier alpha value is -0.430. The van der Waals surface area contributed by atoms with Gasteiger partial charge in [-0.1, -0.05) is 31.9 Å². The molecule has 0 fully saturated rings. The molecule has 0 unspecified atom stereocenters. The molecule has 0 N–H and O–H groups in total. The first kappa shape index (κ1) is 15.0. The Bertz CT molecular complexity index is 554. The van der Waals surface area contributed by atoms with Crippen molar-refractivity contribution in [3.05, 3.63) is 33.0 Å². The van der Waals surface area contributed by atoms with Gasteiger partial charge in [-0.15, -0.1) is 21.8 Å². The summed E-state index contributed by atoms with van der Waals surface area (Å²) in [5.41, 5.74) is 0.973. The fraction of sp³-hybridized carbons (Fsp3) is 0.333. The van der Waals surface area contributed by atoms with Gasteiger partial charge in [0.25, 0.3) is 0 Å². The average Bonchev–Trinajstić information content (AvgIpc) is 2.77. The number of rotatable bonds is 5. The minimum atomic E-state index is 0.325. The number of nitrogens with zero attached hydrogens (tertiary/aromatic N) is 3. The van der Waals surface area contributed by atoms with Gasteiger partial charge in [-0.05, 0) is 18.2 Å². The number of hydrogen-bond acceptors (Lipinski definition) is 3. The van der Waals surface area contributed by atoms with Crippen molar-refractivity contribution in [3.63, 3.8) is 0 Å². The molecule has 19 heavy (non-hydrogen) atoms. The first-order chi connectivity index (χ1) is 9.15. The van der Waals surface area contributed by atoms with Crippen molar-refractivity contribution >= 4 is 43.5 Å². The van der Waals surface area contributed by atoms with Gasteiger partial charge in [-0.2, -0.15) is 0 Å². The van der Waals surface area contributed by atoms with Crippen molar-refractivity contribution in [2.24, 2.45) is 0 Å². The maximum Gasteiger partial charge on any atom is 0.164 e. The Balaban J connectivity index is 2.45. The molecule has 1 aromatic heterocycles. The highest BCUT2D eigenvalue weighted by atomic mass is 79.9. The number of methoxy groups -OCH3 is 1. The second-order valence-electron chi connectivity index (χ2n) is 3.88. The topological polar surface area (TPSA) is 39.9 Å². The lowest BCUT2D eigenvalue weighted by atomic mass is 10.2. The number of alkyl halides is 1. The van der Waals surface area contributed by atoms with Gasteiger partial charge in [-0.3, -0.25) is 0 Å². The van der Waals surface area contributed by atoms with Crippen molar-refractivity contribution in [1.29, 1.82) is 0 Å². The lowest BCUT2D eigenvalue weighted by molar-refractivity contribution is 0.187. The van der Waals surface area contributed by atoms with E-state index in [4.69, 9.17) is 16.3 Å². The largest absolute Gasteiger partial charge is 0.383 e. The van der Waals surface area contributed by atoms with E-state index in [1.165, 1.54) is 0 Å². The molecule has 1 aromatic carbocycles. The molecule has 0 aliphatic carbocycles. The molecule has 0 saturated heterocycles. The monoisotopic (exact) mass is 407 g/mol. The molecule has 0 aliphatic rings. The minimum absolute atomic E-state index is 0.325. The highest BCUT2D eigenvalue weighted by Crippen LogP contribution is 2.27. The van der Waals surface area contributed by atoms with Gasteiger partial charge in [-0.25, -0.2) is 0 Å². The van der Waals surface area contributed by atoms with Gasteiger partial charge in [0, 0.05) is 28.2 Å². The number of ether oxygens (including phenoxy) is 1. The van der Waals surface area contributed by atoms with E-state index in [0.717, 1.165) is 26.2 Å². The summed E-state index contributed by atoms with van der Waals surface area (Å²) >= 11 is 12.8. The van der Waals surface area contributed by atoms with Crippen LogP contribution in [0.3, 0.4) is 0 Å². The predicted octanol–water partition coefficient (Wildman–Crippen LogP) is 3.86. The molecule has 0 bridgehead atoms. The van der Waals surface area contributed by atoms with Gasteiger partial charge in [0.05, 0.1) is 12.5 Å². The molecule has 102 valence electrons. The van der Waals surface area contributed by atoms with Crippen LogP contribution in [0, 0.1) is 0 Å². The van der Waals surface area contributed by atoms with Gasteiger partial charge >= 0.3 is 0 Å². The zero-order valence-corrected chi connectivity index (χ0v) is 14.2. The zero-order chi connectivity index (χ0) is 13.8. The summed E-state index contributed by atoms with van der Waals surface area (Å²) < 4.78 is 9.05. The lowest BCUT2D eigenvalue weighted by Crippen LogP contribution is -2.09. The molecular formula is C12H12Br2ClN3O. The van der Waals surface area contributed by atoms with Crippen molar-refractivity contribution in [1.82, 2.24) is 14.8 Å². The molecule has 0 radical (unpaired) electrons. The van der Waals surface area contributed by atoms with Gasteiger partial charge in [0.15, 0.2) is 5.82 Å². The second-order valence-corrected chi connectivity index (χ2v) is 5.97. The SMILES string of the molecule is COCCn1c(CCl)nnc1-c1cc(Br)cc(Br)c1. The minimum Gasteiger partial charge on any atom is -0.383 e. The summed E-state index contributed by atoms with van der Waals surface area (Å²) in [6.07, 6.45) is 0. The van der Waals surface area contributed by atoms with Crippen LogP contribution in [0.25, 0.3) is 11.4 Å². The molecule has 0 atom stereocenters. The van der Waals surface area contributed by atoms with E-state index in [2.05, 4.69) is 42.1 Å². The van der Waals surface area contributed by atoms with Crippen molar-refractivity contribution < 1.29 is 4.74 Å². The van der Waals surface area contributed by atoms with E-state index in [9.17, 15) is 0 Å². The first-order valence-corrected chi connectivity index (χ1v) is 7.71. The fourth-order valence-corrected chi connectivity index (χ4v) is 3.24. The molecule has 4 nitrogen and oxygen atoms in total. The summed E-state index contributed by atoms with van der Waals surface area (Å²) in [5, 5.41) is 8.34. The van der Waals surface area contributed by atoms with Crippen LogP contribution >= 0.6 is 43.5 Å². The maximum atomic E-state index is 5.89. The van der Waals surface area contributed by atoms with Crippen LogP contribution in [0.1, 0.15) is 5.82 Å². The molecule has 7 heteroatoms. The van der Waals surface area contributed by atoms with Crippen LogP contribution in [0.4, 0.5) is 0 Å². The van der Waals surface area contributed by atoms with Crippen LogP contribution in [-0.4, -0.2) is 28.5 Å². The maximum absolute atomic E-state index is 5.89. The summed E-state index contributed by atoms with van der Waals surface area (Å²) in [7, 11) is 1.67. The van der Waals surface area contributed by atoms with Crippen molar-refractivity contribution in [2.75, 3.05) is 13.7 Å². The first-order valence-electron chi connectivity index (χ1n) is 5.59. The summed E-state index contributed by atoms with van der Waals surface area (Å²) in [6, 6.07) is 5.97. The van der Waals surface area contributed by atoms with Gasteiger partial charge in [0.1, 0.15) is 5.82 Å². The van der Waals surface area contributed by atoms with E-state index in [0.29, 0.717) is 19.0 Å². The van der Waals surface area contributed by atoms with E-state index in [1.54, 1.807) is 7.11 Å². The van der Waals surface area contributed by atoms with Gasteiger partial charge in [0.2, 0.25) is 0 Å². The van der Waals surface area contributed by atoms with Crippen LogP contribution < -0.4 is 0 Å². The molecule has 2 rings (SSSR count). The van der Waals surface area contributed by atoms with E-state index in [-0.39, 0.29) is 0 Å². The van der Waals surface area contributed by atoms with E-state index >= 15 is 0 Å². The van der Waals surface area contributed by atoms with Crippen LogP contribution in [0.5, 0.6) is 0 Å².